The lowest BCUT2D eigenvalue weighted by Crippen LogP contribution is -2.34. The number of ether oxygens (including phenoxy) is 1. The van der Waals surface area contributed by atoms with Gasteiger partial charge in [-0.15, -0.1) is 0 Å². The Morgan fingerprint density at radius 3 is 2.60 bits per heavy atom. The third kappa shape index (κ3) is 3.29. The van der Waals surface area contributed by atoms with Crippen LogP contribution >= 0.6 is 0 Å². The number of methoxy groups -OCH3 is 1. The zero-order valence-electron chi connectivity index (χ0n) is 11.3. The van der Waals surface area contributed by atoms with E-state index in [1.165, 1.54) is 25.3 Å². The van der Waals surface area contributed by atoms with Crippen LogP contribution in [-0.2, 0) is 21.2 Å². The first-order chi connectivity index (χ1) is 9.26. The molecule has 0 amide bonds. The minimum Gasteiger partial charge on any atom is -0.497 e. The molecule has 1 aromatic rings. The summed E-state index contributed by atoms with van der Waals surface area (Å²) in [5.41, 5.74) is -0.187. The van der Waals surface area contributed by atoms with E-state index in [4.69, 9.17) is 9.84 Å². The number of carboxylic acid groups (broad SMARTS) is 1. The Balaban J connectivity index is 2.41. The lowest BCUT2D eigenvalue weighted by Gasteiger charge is -2.15. The monoisotopic (exact) mass is 299 g/mol. The standard InChI is InChI=1S/C13H17NO5S/c1-13(5-6-13)14-20(17,18)11-4-3-10(19-2)7-9(11)8-12(15)16/h3-4,7,14H,5-6,8H2,1-2H3,(H,15,16). The molecule has 0 aliphatic heterocycles. The minimum atomic E-state index is -3.73. The first kappa shape index (κ1) is 14.8. The molecular formula is C13H17NO5S. The summed E-state index contributed by atoms with van der Waals surface area (Å²) >= 11 is 0. The molecule has 1 aliphatic carbocycles. The van der Waals surface area contributed by atoms with Crippen molar-refractivity contribution in [3.05, 3.63) is 23.8 Å². The summed E-state index contributed by atoms with van der Waals surface area (Å²) in [4.78, 5) is 10.9. The van der Waals surface area contributed by atoms with Gasteiger partial charge in [-0.05, 0) is 43.5 Å². The van der Waals surface area contributed by atoms with Crippen molar-refractivity contribution in [1.82, 2.24) is 4.72 Å². The lowest BCUT2D eigenvalue weighted by atomic mass is 10.1. The summed E-state index contributed by atoms with van der Waals surface area (Å²) in [5, 5.41) is 8.91. The highest BCUT2D eigenvalue weighted by atomic mass is 32.2. The van der Waals surface area contributed by atoms with Crippen molar-refractivity contribution in [3.8, 4) is 5.75 Å². The molecule has 2 rings (SSSR count). The van der Waals surface area contributed by atoms with Crippen LogP contribution in [-0.4, -0.2) is 32.1 Å². The summed E-state index contributed by atoms with van der Waals surface area (Å²) in [6.45, 7) is 1.82. The fraction of sp³-hybridized carbons (Fsp3) is 0.462. The molecule has 1 fully saturated rings. The van der Waals surface area contributed by atoms with Crippen LogP contribution in [0.15, 0.2) is 23.1 Å². The summed E-state index contributed by atoms with van der Waals surface area (Å²) in [7, 11) is -2.28. The predicted octanol–water partition coefficient (Wildman–Crippen LogP) is 1.15. The van der Waals surface area contributed by atoms with Crippen molar-refractivity contribution in [2.24, 2.45) is 0 Å². The van der Waals surface area contributed by atoms with Gasteiger partial charge < -0.3 is 9.84 Å². The maximum absolute atomic E-state index is 12.3. The van der Waals surface area contributed by atoms with Gasteiger partial charge in [0.25, 0.3) is 0 Å². The topological polar surface area (TPSA) is 92.7 Å². The van der Waals surface area contributed by atoms with Gasteiger partial charge in [0.15, 0.2) is 0 Å². The molecule has 20 heavy (non-hydrogen) atoms. The molecule has 7 heteroatoms. The highest BCUT2D eigenvalue weighted by Crippen LogP contribution is 2.36. The van der Waals surface area contributed by atoms with E-state index in [9.17, 15) is 13.2 Å². The van der Waals surface area contributed by atoms with Crippen LogP contribution in [0.4, 0.5) is 0 Å². The van der Waals surface area contributed by atoms with Crippen LogP contribution in [0.3, 0.4) is 0 Å². The highest BCUT2D eigenvalue weighted by molar-refractivity contribution is 7.89. The SMILES string of the molecule is COc1ccc(S(=O)(=O)NC2(C)CC2)c(CC(=O)O)c1. The maximum atomic E-state index is 12.3. The van der Waals surface area contributed by atoms with Gasteiger partial charge >= 0.3 is 5.97 Å². The lowest BCUT2D eigenvalue weighted by molar-refractivity contribution is -0.136. The van der Waals surface area contributed by atoms with Crippen LogP contribution in [0.5, 0.6) is 5.75 Å². The molecule has 0 heterocycles. The fourth-order valence-electron chi connectivity index (χ4n) is 1.91. The second kappa shape index (κ2) is 5.06. The molecule has 0 bridgehead atoms. The van der Waals surface area contributed by atoms with Crippen molar-refractivity contribution in [2.75, 3.05) is 7.11 Å². The van der Waals surface area contributed by atoms with E-state index in [-0.39, 0.29) is 16.9 Å². The third-order valence-electron chi connectivity index (χ3n) is 3.28. The average molecular weight is 299 g/mol. The van der Waals surface area contributed by atoms with Crippen LogP contribution in [0.1, 0.15) is 25.3 Å². The molecule has 0 radical (unpaired) electrons. The molecule has 0 saturated heterocycles. The quantitative estimate of drug-likeness (QED) is 0.822. The Morgan fingerprint density at radius 1 is 1.45 bits per heavy atom. The second-order valence-electron chi connectivity index (χ2n) is 5.21. The Labute approximate surface area is 117 Å². The zero-order chi connectivity index (χ0) is 15.0. The third-order valence-corrected chi connectivity index (χ3v) is 5.02. The Hall–Kier alpha value is -1.60. The van der Waals surface area contributed by atoms with Gasteiger partial charge in [-0.1, -0.05) is 0 Å². The average Bonchev–Trinajstić information content (AvgIpc) is 3.04. The van der Waals surface area contributed by atoms with Crippen molar-refractivity contribution in [2.45, 2.75) is 36.6 Å². The van der Waals surface area contributed by atoms with Gasteiger partial charge in [0, 0.05) is 5.54 Å². The van der Waals surface area contributed by atoms with Crippen molar-refractivity contribution in [1.29, 1.82) is 0 Å². The molecule has 110 valence electrons. The van der Waals surface area contributed by atoms with Crippen LogP contribution in [0, 0.1) is 0 Å². The van der Waals surface area contributed by atoms with Gasteiger partial charge in [0.05, 0.1) is 18.4 Å². The van der Waals surface area contributed by atoms with Gasteiger partial charge in [-0.3, -0.25) is 4.79 Å². The van der Waals surface area contributed by atoms with Crippen molar-refractivity contribution >= 4 is 16.0 Å². The Kier molecular flexibility index (Phi) is 3.75. The number of sulfonamides is 1. The smallest absolute Gasteiger partial charge is 0.307 e. The number of hydrogen-bond acceptors (Lipinski definition) is 4. The van der Waals surface area contributed by atoms with E-state index in [2.05, 4.69) is 4.72 Å². The maximum Gasteiger partial charge on any atom is 0.307 e. The van der Waals surface area contributed by atoms with E-state index in [0.717, 1.165) is 12.8 Å². The predicted molar refractivity (Wildman–Crippen MR) is 72.3 cm³/mol. The van der Waals surface area contributed by atoms with E-state index >= 15 is 0 Å². The van der Waals surface area contributed by atoms with E-state index in [1.807, 2.05) is 6.92 Å². The number of hydrogen-bond donors (Lipinski definition) is 2. The summed E-state index contributed by atoms with van der Waals surface area (Å²) in [5.74, 6) is -0.662. The minimum absolute atomic E-state index is 0.00572. The highest BCUT2D eigenvalue weighted by Gasteiger charge is 2.41. The van der Waals surface area contributed by atoms with Crippen molar-refractivity contribution in [3.63, 3.8) is 0 Å². The number of rotatable bonds is 6. The fourth-order valence-corrected chi connectivity index (χ4v) is 3.60. The van der Waals surface area contributed by atoms with Gasteiger partial charge in [0.2, 0.25) is 10.0 Å². The van der Waals surface area contributed by atoms with E-state index in [1.54, 1.807) is 0 Å². The molecule has 0 atom stereocenters. The molecule has 1 aliphatic rings. The first-order valence-corrected chi connectivity index (χ1v) is 7.67. The van der Waals surface area contributed by atoms with E-state index < -0.39 is 21.5 Å². The molecule has 1 saturated carbocycles. The summed E-state index contributed by atoms with van der Waals surface area (Å²) in [6.07, 6.45) is 1.21. The largest absolute Gasteiger partial charge is 0.497 e. The van der Waals surface area contributed by atoms with Gasteiger partial charge in [-0.2, -0.15) is 0 Å². The molecule has 1 aromatic carbocycles. The molecule has 0 aromatic heterocycles. The normalized spacial score (nSPS) is 16.7. The van der Waals surface area contributed by atoms with Gasteiger partial charge in [0.1, 0.15) is 5.75 Å². The molecular weight excluding hydrogens is 282 g/mol. The van der Waals surface area contributed by atoms with Crippen molar-refractivity contribution < 1.29 is 23.1 Å². The Bertz CT molecular complexity index is 634. The number of carboxylic acids is 1. The van der Waals surface area contributed by atoms with Gasteiger partial charge in [-0.25, -0.2) is 13.1 Å². The van der Waals surface area contributed by atoms with Crippen LogP contribution in [0.25, 0.3) is 0 Å². The second-order valence-corrected chi connectivity index (χ2v) is 6.86. The number of nitrogens with one attached hydrogen (secondary N) is 1. The van der Waals surface area contributed by atoms with E-state index in [0.29, 0.717) is 5.75 Å². The number of carbonyl (C=O) groups is 1. The summed E-state index contributed by atoms with van der Waals surface area (Å²) in [6, 6.07) is 4.33. The Morgan fingerprint density at radius 2 is 2.10 bits per heavy atom. The molecule has 2 N–H and O–H groups in total. The first-order valence-electron chi connectivity index (χ1n) is 6.18. The molecule has 0 unspecified atom stereocenters. The zero-order valence-corrected chi connectivity index (χ0v) is 12.2. The summed E-state index contributed by atoms with van der Waals surface area (Å²) < 4.78 is 32.3. The van der Waals surface area contributed by atoms with Crippen LogP contribution in [0.2, 0.25) is 0 Å². The molecule has 0 spiro atoms. The number of aliphatic carboxylic acids is 1. The van der Waals surface area contributed by atoms with Crippen LogP contribution < -0.4 is 9.46 Å². The number of benzene rings is 1. The molecule has 6 nitrogen and oxygen atoms in total.